The van der Waals surface area contributed by atoms with E-state index in [1.165, 1.54) is 0 Å². The summed E-state index contributed by atoms with van der Waals surface area (Å²) in [6.07, 6.45) is 4.23. The van der Waals surface area contributed by atoms with E-state index in [0.717, 1.165) is 25.8 Å². The Bertz CT molecular complexity index is 1080. The Labute approximate surface area is 179 Å². The number of amides is 1. The van der Waals surface area contributed by atoms with E-state index in [0.29, 0.717) is 54.2 Å². The third kappa shape index (κ3) is 4.36. The normalized spacial score (nSPS) is 18.8. The predicted molar refractivity (Wildman–Crippen MR) is 112 cm³/mol. The molecule has 9 nitrogen and oxygen atoms in total. The molecule has 5 rings (SSSR count). The van der Waals surface area contributed by atoms with E-state index in [9.17, 15) is 4.79 Å². The first-order valence-electron chi connectivity index (χ1n) is 10.4. The van der Waals surface area contributed by atoms with Gasteiger partial charge in [0.05, 0.1) is 25.4 Å². The van der Waals surface area contributed by atoms with Crippen molar-refractivity contribution in [3.05, 3.63) is 48.3 Å². The molecule has 31 heavy (non-hydrogen) atoms. The van der Waals surface area contributed by atoms with Crippen LogP contribution in [0.3, 0.4) is 0 Å². The molecule has 2 aliphatic rings. The maximum atomic E-state index is 13.1. The van der Waals surface area contributed by atoms with E-state index in [2.05, 4.69) is 20.5 Å². The van der Waals surface area contributed by atoms with Crippen molar-refractivity contribution >= 4 is 11.7 Å². The highest BCUT2D eigenvalue weighted by molar-refractivity contribution is 6.06. The summed E-state index contributed by atoms with van der Waals surface area (Å²) in [5.74, 6) is 1.92. The number of carbonyl (C=O) groups is 1. The van der Waals surface area contributed by atoms with Gasteiger partial charge in [0.25, 0.3) is 5.91 Å². The van der Waals surface area contributed by atoms with Crippen LogP contribution in [-0.4, -0.2) is 51.6 Å². The number of rotatable bonds is 2. The molecular formula is C22H23N5O4. The Balaban J connectivity index is 1.46. The molecule has 4 heterocycles. The van der Waals surface area contributed by atoms with Crippen LogP contribution >= 0.6 is 0 Å². The average Bonchev–Trinajstić information content (AvgIpc) is 3.46. The van der Waals surface area contributed by atoms with Crippen LogP contribution in [0.1, 0.15) is 29.6 Å². The third-order valence-electron chi connectivity index (χ3n) is 5.27. The first kappa shape index (κ1) is 19.5. The molecule has 1 aromatic carbocycles. The maximum absolute atomic E-state index is 13.1. The molecule has 3 aromatic rings. The third-order valence-corrected chi connectivity index (χ3v) is 5.27. The van der Waals surface area contributed by atoms with Gasteiger partial charge in [0.15, 0.2) is 5.82 Å². The average molecular weight is 421 g/mol. The number of nitrogens with zero attached hydrogens (tertiary/aromatic N) is 4. The Morgan fingerprint density at radius 2 is 2.13 bits per heavy atom. The first-order chi connectivity index (χ1) is 15.3. The van der Waals surface area contributed by atoms with Crippen LogP contribution in [0.5, 0.6) is 11.5 Å². The number of pyridine rings is 1. The van der Waals surface area contributed by atoms with E-state index in [1.807, 2.05) is 22.8 Å². The molecule has 0 radical (unpaired) electrons. The zero-order chi connectivity index (χ0) is 21.0. The second kappa shape index (κ2) is 8.73. The molecule has 2 bridgehead atoms. The van der Waals surface area contributed by atoms with Gasteiger partial charge in [-0.3, -0.25) is 4.79 Å². The lowest BCUT2D eigenvalue weighted by Crippen LogP contribution is -2.18. The summed E-state index contributed by atoms with van der Waals surface area (Å²) >= 11 is 0. The number of nitrogens with one attached hydrogen (secondary N) is 1. The number of ether oxygens (including phenoxy) is 3. The number of hydrogen-bond acceptors (Lipinski definition) is 7. The van der Waals surface area contributed by atoms with Crippen molar-refractivity contribution in [1.29, 1.82) is 0 Å². The molecule has 0 spiro atoms. The summed E-state index contributed by atoms with van der Waals surface area (Å²) in [5, 5.41) is 11.1. The summed E-state index contributed by atoms with van der Waals surface area (Å²) in [5.41, 5.74) is 1.06. The predicted octanol–water partition coefficient (Wildman–Crippen LogP) is 2.93. The second-order valence-corrected chi connectivity index (χ2v) is 7.53. The lowest BCUT2D eigenvalue weighted by molar-refractivity contribution is 0.102. The van der Waals surface area contributed by atoms with Gasteiger partial charge < -0.3 is 24.1 Å². The highest BCUT2D eigenvalue weighted by Gasteiger charge is 2.20. The molecule has 1 fully saturated rings. The topological polar surface area (TPSA) is 100 Å². The van der Waals surface area contributed by atoms with Gasteiger partial charge in [0, 0.05) is 13.0 Å². The Hall–Kier alpha value is -3.46. The fraction of sp³-hybridized carbons (Fsp3) is 0.364. The molecular weight excluding hydrogens is 398 g/mol. The van der Waals surface area contributed by atoms with E-state index in [4.69, 9.17) is 14.2 Å². The van der Waals surface area contributed by atoms with Crippen molar-refractivity contribution in [2.45, 2.75) is 31.9 Å². The highest BCUT2D eigenvalue weighted by Crippen LogP contribution is 2.28. The van der Waals surface area contributed by atoms with Crippen molar-refractivity contribution in [1.82, 2.24) is 19.7 Å². The molecule has 160 valence electrons. The summed E-state index contributed by atoms with van der Waals surface area (Å²) in [7, 11) is 0. The fourth-order valence-electron chi connectivity index (χ4n) is 3.68. The molecule has 1 amide bonds. The molecule has 1 N–H and O–H groups in total. The van der Waals surface area contributed by atoms with E-state index >= 15 is 0 Å². The fourth-order valence-corrected chi connectivity index (χ4v) is 3.68. The van der Waals surface area contributed by atoms with E-state index in [1.54, 1.807) is 24.5 Å². The molecule has 2 aromatic heterocycles. The lowest BCUT2D eigenvalue weighted by atomic mass is 10.1. The minimum Gasteiger partial charge on any atom is -0.493 e. The highest BCUT2D eigenvalue weighted by atomic mass is 16.5. The standard InChI is InChI=1S/C22H23N5O4/c28-22-17-12-15(31-16-8-11-29-13-16)6-7-19(17)30-10-2-1-9-27-14-23-26-21(27)18-4-3-5-20(24-18)25-22/h3-7,12,14,16H,1-2,8-11,13H2,(H,24,25,28). The number of fused-ring (bicyclic) bond motifs is 5. The smallest absolute Gasteiger partial charge is 0.260 e. The monoisotopic (exact) mass is 421 g/mol. The summed E-state index contributed by atoms with van der Waals surface area (Å²) in [6.45, 7) is 2.50. The van der Waals surface area contributed by atoms with Crippen LogP contribution < -0.4 is 14.8 Å². The molecule has 2 aliphatic heterocycles. The van der Waals surface area contributed by atoms with Gasteiger partial charge in [-0.2, -0.15) is 0 Å². The van der Waals surface area contributed by atoms with Crippen LogP contribution in [0.15, 0.2) is 42.7 Å². The first-order valence-corrected chi connectivity index (χ1v) is 10.4. The van der Waals surface area contributed by atoms with Crippen molar-refractivity contribution in [3.63, 3.8) is 0 Å². The zero-order valence-corrected chi connectivity index (χ0v) is 17.0. The minimum atomic E-state index is -0.314. The van der Waals surface area contributed by atoms with Crippen molar-refractivity contribution in [3.8, 4) is 23.0 Å². The molecule has 1 unspecified atom stereocenters. The van der Waals surface area contributed by atoms with Crippen LogP contribution in [0.25, 0.3) is 11.5 Å². The van der Waals surface area contributed by atoms with Gasteiger partial charge in [0.1, 0.15) is 35.4 Å². The number of hydrogen-bond donors (Lipinski definition) is 1. The van der Waals surface area contributed by atoms with E-state index < -0.39 is 0 Å². The van der Waals surface area contributed by atoms with Crippen LogP contribution in [-0.2, 0) is 11.3 Å². The quantitative estimate of drug-likeness (QED) is 0.679. The lowest BCUT2D eigenvalue weighted by Gasteiger charge is -2.16. The summed E-state index contributed by atoms with van der Waals surface area (Å²) < 4.78 is 19.3. The number of aryl methyl sites for hydroxylation is 1. The van der Waals surface area contributed by atoms with Gasteiger partial charge in [-0.05, 0) is 43.2 Å². The Kier molecular flexibility index (Phi) is 5.49. The second-order valence-electron chi connectivity index (χ2n) is 7.53. The van der Waals surface area contributed by atoms with Crippen LogP contribution in [0, 0.1) is 0 Å². The molecule has 0 aliphatic carbocycles. The summed E-state index contributed by atoms with van der Waals surface area (Å²) in [4.78, 5) is 17.7. The largest absolute Gasteiger partial charge is 0.493 e. The maximum Gasteiger partial charge on any atom is 0.260 e. The molecule has 1 saturated heterocycles. The van der Waals surface area contributed by atoms with Crippen molar-refractivity contribution in [2.24, 2.45) is 0 Å². The van der Waals surface area contributed by atoms with Crippen LogP contribution in [0.2, 0.25) is 0 Å². The number of anilines is 1. The summed E-state index contributed by atoms with van der Waals surface area (Å²) in [6, 6.07) is 10.8. The number of aromatic nitrogens is 4. The van der Waals surface area contributed by atoms with E-state index in [-0.39, 0.29) is 12.0 Å². The molecule has 0 saturated carbocycles. The van der Waals surface area contributed by atoms with Gasteiger partial charge in [-0.15, -0.1) is 10.2 Å². The SMILES string of the molecule is O=C1Nc2cccc(n2)-c2nncn2CCCCOc2ccc(OC3CCOC3)cc21. The Morgan fingerprint density at radius 1 is 1.16 bits per heavy atom. The molecule has 1 atom stereocenters. The van der Waals surface area contributed by atoms with Gasteiger partial charge in [-0.25, -0.2) is 4.98 Å². The number of carbonyl (C=O) groups excluding carboxylic acids is 1. The number of benzene rings is 1. The van der Waals surface area contributed by atoms with Crippen molar-refractivity contribution < 1.29 is 19.0 Å². The van der Waals surface area contributed by atoms with Crippen molar-refractivity contribution in [2.75, 3.05) is 25.1 Å². The zero-order valence-electron chi connectivity index (χ0n) is 17.0. The minimum absolute atomic E-state index is 0.00348. The van der Waals surface area contributed by atoms with Crippen LogP contribution in [0.4, 0.5) is 5.82 Å². The van der Waals surface area contributed by atoms with Gasteiger partial charge in [-0.1, -0.05) is 6.07 Å². The van der Waals surface area contributed by atoms with Gasteiger partial charge in [0.2, 0.25) is 0 Å². The Morgan fingerprint density at radius 3 is 3.03 bits per heavy atom. The van der Waals surface area contributed by atoms with Gasteiger partial charge >= 0.3 is 0 Å². The molecule has 9 heteroatoms.